The first-order valence-electron chi connectivity index (χ1n) is 6.74. The monoisotopic (exact) mass is 260 g/mol. The topological polar surface area (TPSA) is 38.1 Å². The molecule has 0 atom stereocenters. The summed E-state index contributed by atoms with van der Waals surface area (Å²) in [6.07, 6.45) is 3.83. The maximum atomic E-state index is 13.4. The van der Waals surface area contributed by atoms with Gasteiger partial charge in [0.15, 0.2) is 0 Å². The fraction of sp³-hybridized carbons (Fsp3) is 0.400. The smallest absolute Gasteiger partial charge is 0.123 e. The Morgan fingerprint density at radius 3 is 3.00 bits per heavy atom. The van der Waals surface area contributed by atoms with E-state index in [1.54, 1.807) is 6.07 Å². The van der Waals surface area contributed by atoms with Crippen LogP contribution in [-0.4, -0.2) is 21.3 Å². The van der Waals surface area contributed by atoms with Crippen molar-refractivity contribution in [3.05, 3.63) is 41.6 Å². The van der Waals surface area contributed by atoms with Crippen molar-refractivity contribution >= 4 is 0 Å². The van der Waals surface area contributed by atoms with Crippen LogP contribution in [0.2, 0.25) is 0 Å². The number of benzene rings is 1. The van der Waals surface area contributed by atoms with Crippen LogP contribution in [0, 0.1) is 5.82 Å². The van der Waals surface area contributed by atoms with Crippen LogP contribution in [0.4, 0.5) is 4.39 Å². The first-order valence-corrected chi connectivity index (χ1v) is 6.74. The van der Waals surface area contributed by atoms with E-state index in [9.17, 15) is 9.50 Å². The van der Waals surface area contributed by atoms with E-state index >= 15 is 0 Å². The lowest BCUT2D eigenvalue weighted by Crippen LogP contribution is -2.13. The Balaban J connectivity index is 2.12. The summed E-state index contributed by atoms with van der Waals surface area (Å²) in [4.78, 5) is 4.67. The number of rotatable bonds is 3. The van der Waals surface area contributed by atoms with E-state index < -0.39 is 0 Å². The molecule has 0 bridgehead atoms. The predicted octanol–water partition coefficient (Wildman–Crippen LogP) is 2.56. The van der Waals surface area contributed by atoms with Crippen molar-refractivity contribution in [1.82, 2.24) is 9.55 Å². The van der Waals surface area contributed by atoms with Crippen LogP contribution in [-0.2, 0) is 19.4 Å². The number of aryl methyl sites for hydroxylation is 1. The molecule has 2 heterocycles. The molecule has 0 saturated carbocycles. The molecule has 0 fully saturated rings. The van der Waals surface area contributed by atoms with Gasteiger partial charge in [-0.15, -0.1) is 0 Å². The van der Waals surface area contributed by atoms with Crippen molar-refractivity contribution in [3.8, 4) is 11.3 Å². The molecule has 1 aliphatic rings. The highest BCUT2D eigenvalue weighted by Gasteiger charge is 2.20. The van der Waals surface area contributed by atoms with E-state index in [2.05, 4.69) is 9.55 Å². The van der Waals surface area contributed by atoms with Crippen molar-refractivity contribution in [3.63, 3.8) is 0 Å². The standard InChI is InChI=1S/C15H17FN2O/c16-12-5-3-4-11(10-12)15-13(7-9-19)18-8-2-1-6-14(18)17-15/h3-5,10,19H,1-2,6-9H2. The van der Waals surface area contributed by atoms with Gasteiger partial charge in [0, 0.05) is 37.3 Å². The lowest BCUT2D eigenvalue weighted by molar-refractivity contribution is 0.295. The molecule has 0 amide bonds. The van der Waals surface area contributed by atoms with E-state index in [1.165, 1.54) is 12.1 Å². The zero-order valence-corrected chi connectivity index (χ0v) is 10.8. The third-order valence-corrected chi connectivity index (χ3v) is 3.63. The Labute approximate surface area is 111 Å². The number of aromatic nitrogens is 2. The largest absolute Gasteiger partial charge is 0.396 e. The van der Waals surface area contributed by atoms with Crippen LogP contribution >= 0.6 is 0 Å². The molecule has 0 aliphatic carbocycles. The van der Waals surface area contributed by atoms with Gasteiger partial charge in [-0.3, -0.25) is 0 Å². The van der Waals surface area contributed by atoms with E-state index in [0.717, 1.165) is 48.6 Å². The summed E-state index contributed by atoms with van der Waals surface area (Å²) in [5.41, 5.74) is 2.65. The van der Waals surface area contributed by atoms with Gasteiger partial charge in [0.05, 0.1) is 5.69 Å². The van der Waals surface area contributed by atoms with Gasteiger partial charge in [0.1, 0.15) is 11.6 Å². The number of hydrogen-bond donors (Lipinski definition) is 1. The van der Waals surface area contributed by atoms with Gasteiger partial charge in [-0.1, -0.05) is 12.1 Å². The summed E-state index contributed by atoms with van der Waals surface area (Å²) < 4.78 is 15.6. The van der Waals surface area contributed by atoms with Crippen molar-refractivity contribution in [2.24, 2.45) is 0 Å². The SMILES string of the molecule is OCCc1c(-c2cccc(F)c2)nc2n1CCCC2. The van der Waals surface area contributed by atoms with E-state index in [-0.39, 0.29) is 12.4 Å². The molecule has 4 heteroatoms. The van der Waals surface area contributed by atoms with Gasteiger partial charge in [-0.05, 0) is 25.0 Å². The number of aliphatic hydroxyl groups excluding tert-OH is 1. The Morgan fingerprint density at radius 2 is 2.21 bits per heavy atom. The highest BCUT2D eigenvalue weighted by atomic mass is 19.1. The average molecular weight is 260 g/mol. The zero-order chi connectivity index (χ0) is 13.2. The minimum absolute atomic E-state index is 0.0907. The summed E-state index contributed by atoms with van der Waals surface area (Å²) in [6.45, 7) is 1.04. The van der Waals surface area contributed by atoms with Crippen molar-refractivity contribution in [1.29, 1.82) is 0 Å². The number of aliphatic hydroxyl groups is 1. The Bertz CT molecular complexity index is 592. The van der Waals surface area contributed by atoms with E-state index in [4.69, 9.17) is 0 Å². The third-order valence-electron chi connectivity index (χ3n) is 3.63. The number of fused-ring (bicyclic) bond motifs is 1. The molecular weight excluding hydrogens is 243 g/mol. The normalized spacial score (nSPS) is 14.4. The molecule has 19 heavy (non-hydrogen) atoms. The molecule has 3 rings (SSSR count). The molecule has 1 N–H and O–H groups in total. The fourth-order valence-corrected chi connectivity index (χ4v) is 2.77. The summed E-state index contributed by atoms with van der Waals surface area (Å²) in [7, 11) is 0. The number of imidazole rings is 1. The molecule has 0 saturated heterocycles. The molecule has 0 unspecified atom stereocenters. The lowest BCUT2D eigenvalue weighted by Gasteiger charge is -2.16. The first kappa shape index (κ1) is 12.4. The fourth-order valence-electron chi connectivity index (χ4n) is 2.77. The van der Waals surface area contributed by atoms with Crippen LogP contribution in [0.3, 0.4) is 0 Å². The predicted molar refractivity (Wildman–Crippen MR) is 71.3 cm³/mol. The van der Waals surface area contributed by atoms with Gasteiger partial charge in [-0.25, -0.2) is 9.37 Å². The Morgan fingerprint density at radius 1 is 1.32 bits per heavy atom. The Hall–Kier alpha value is -1.68. The van der Waals surface area contributed by atoms with Crippen LogP contribution in [0.1, 0.15) is 24.4 Å². The van der Waals surface area contributed by atoms with Crippen LogP contribution in [0.5, 0.6) is 0 Å². The maximum Gasteiger partial charge on any atom is 0.123 e. The molecule has 1 aliphatic heterocycles. The molecule has 3 nitrogen and oxygen atoms in total. The number of halogens is 1. The lowest BCUT2D eigenvalue weighted by atomic mass is 10.1. The average Bonchev–Trinajstić information content (AvgIpc) is 2.79. The van der Waals surface area contributed by atoms with Gasteiger partial charge in [0.2, 0.25) is 0 Å². The van der Waals surface area contributed by atoms with Gasteiger partial charge >= 0.3 is 0 Å². The molecule has 100 valence electrons. The van der Waals surface area contributed by atoms with Crippen LogP contribution < -0.4 is 0 Å². The highest BCUT2D eigenvalue weighted by Crippen LogP contribution is 2.28. The Kier molecular flexibility index (Phi) is 3.34. The van der Waals surface area contributed by atoms with Gasteiger partial charge in [0.25, 0.3) is 0 Å². The van der Waals surface area contributed by atoms with Crippen molar-refractivity contribution < 1.29 is 9.50 Å². The second-order valence-electron chi connectivity index (χ2n) is 4.92. The third kappa shape index (κ3) is 2.28. The van der Waals surface area contributed by atoms with Gasteiger partial charge < -0.3 is 9.67 Å². The summed E-state index contributed by atoms with van der Waals surface area (Å²) in [6, 6.07) is 6.52. The summed E-state index contributed by atoms with van der Waals surface area (Å²) >= 11 is 0. The highest BCUT2D eigenvalue weighted by molar-refractivity contribution is 5.62. The molecule has 2 aromatic rings. The molecule has 0 radical (unpaired) electrons. The van der Waals surface area contributed by atoms with Crippen molar-refractivity contribution in [2.75, 3.05) is 6.61 Å². The van der Waals surface area contributed by atoms with E-state index in [1.807, 2.05) is 6.07 Å². The second-order valence-corrected chi connectivity index (χ2v) is 4.92. The second kappa shape index (κ2) is 5.13. The summed E-state index contributed by atoms with van der Waals surface area (Å²) in [5, 5.41) is 9.25. The summed E-state index contributed by atoms with van der Waals surface area (Å²) in [5.74, 6) is 0.812. The van der Waals surface area contributed by atoms with Crippen LogP contribution in [0.25, 0.3) is 11.3 Å². The van der Waals surface area contributed by atoms with Gasteiger partial charge in [-0.2, -0.15) is 0 Å². The molecular formula is C15H17FN2O. The number of nitrogens with zero attached hydrogens (tertiary/aromatic N) is 2. The van der Waals surface area contributed by atoms with Crippen molar-refractivity contribution in [2.45, 2.75) is 32.2 Å². The zero-order valence-electron chi connectivity index (χ0n) is 10.8. The minimum atomic E-state index is -0.251. The van der Waals surface area contributed by atoms with Crippen LogP contribution in [0.15, 0.2) is 24.3 Å². The quantitative estimate of drug-likeness (QED) is 0.921. The van der Waals surface area contributed by atoms with E-state index in [0.29, 0.717) is 6.42 Å². The minimum Gasteiger partial charge on any atom is -0.396 e. The maximum absolute atomic E-state index is 13.4. The molecule has 1 aromatic heterocycles. The molecule has 0 spiro atoms. The number of hydrogen-bond acceptors (Lipinski definition) is 2. The first-order chi connectivity index (χ1) is 9.29. The molecule has 1 aromatic carbocycles.